The summed E-state index contributed by atoms with van der Waals surface area (Å²) in [7, 11) is 1.67. The van der Waals surface area contributed by atoms with Crippen molar-refractivity contribution in [2.45, 2.75) is 25.7 Å². The number of pyridine rings is 1. The van der Waals surface area contributed by atoms with Crippen molar-refractivity contribution in [2.75, 3.05) is 30.8 Å². The predicted molar refractivity (Wildman–Crippen MR) is 157 cm³/mol. The van der Waals surface area contributed by atoms with Crippen LogP contribution in [0.5, 0.6) is 5.75 Å². The third-order valence-corrected chi connectivity index (χ3v) is 5.97. The van der Waals surface area contributed by atoms with E-state index in [0.717, 1.165) is 72.6 Å². The van der Waals surface area contributed by atoms with Crippen molar-refractivity contribution in [3.05, 3.63) is 84.4 Å². The van der Waals surface area contributed by atoms with Crippen LogP contribution in [0.1, 0.15) is 37.2 Å². The first-order valence-electron chi connectivity index (χ1n) is 12.5. The summed E-state index contributed by atoms with van der Waals surface area (Å²) in [5.41, 5.74) is 2.72. The molecule has 0 aliphatic carbocycles. The Morgan fingerprint density at radius 2 is 1.70 bits per heavy atom. The number of hydrogen-bond acceptors (Lipinski definition) is 6. The summed E-state index contributed by atoms with van der Waals surface area (Å²) < 4.78 is 5.42. The molecule has 2 aromatic carbocycles. The van der Waals surface area contributed by atoms with Crippen molar-refractivity contribution < 1.29 is 4.74 Å². The van der Waals surface area contributed by atoms with Crippen molar-refractivity contribution in [1.29, 1.82) is 0 Å². The Morgan fingerprint density at radius 1 is 0.892 bits per heavy atom. The van der Waals surface area contributed by atoms with E-state index in [1.54, 1.807) is 13.3 Å². The summed E-state index contributed by atoms with van der Waals surface area (Å²) in [6.45, 7) is 1.68. The van der Waals surface area contributed by atoms with Gasteiger partial charge in [-0.05, 0) is 79.7 Å². The third-order valence-electron chi connectivity index (χ3n) is 5.72. The molecule has 4 aromatic rings. The lowest BCUT2D eigenvalue weighted by atomic mass is 10.2. The van der Waals surface area contributed by atoms with Crippen LogP contribution in [0, 0.1) is 0 Å². The van der Waals surface area contributed by atoms with Gasteiger partial charge >= 0.3 is 0 Å². The van der Waals surface area contributed by atoms with E-state index in [9.17, 15) is 0 Å². The van der Waals surface area contributed by atoms with Crippen LogP contribution in [0.25, 0.3) is 23.1 Å². The number of methoxy groups -OCH3 is 1. The molecule has 0 aliphatic rings. The number of nitrogens with zero attached hydrogens (tertiary/aromatic N) is 3. The molecule has 0 bridgehead atoms. The van der Waals surface area contributed by atoms with E-state index in [-0.39, 0.29) is 0 Å². The second kappa shape index (κ2) is 13.9. The fourth-order valence-corrected chi connectivity index (χ4v) is 4.03. The molecule has 0 saturated heterocycles. The van der Waals surface area contributed by atoms with Gasteiger partial charge in [-0.25, -0.2) is 9.97 Å². The number of para-hydroxylation sites is 1. The minimum atomic E-state index is 0.636. The molecule has 0 atom stereocenters. The van der Waals surface area contributed by atoms with Crippen molar-refractivity contribution in [3.63, 3.8) is 0 Å². The van der Waals surface area contributed by atoms with E-state index in [4.69, 9.17) is 26.9 Å². The van der Waals surface area contributed by atoms with E-state index in [1.165, 1.54) is 0 Å². The number of fused-ring (bicyclic) bond motifs is 1. The zero-order valence-electron chi connectivity index (χ0n) is 21.0. The van der Waals surface area contributed by atoms with Gasteiger partial charge in [-0.1, -0.05) is 37.1 Å². The lowest BCUT2D eigenvalue weighted by molar-refractivity contribution is 0.415. The number of unbranched alkanes of at least 4 members (excludes halogenated alkanes) is 3. The number of rotatable bonds is 12. The highest BCUT2D eigenvalue weighted by Crippen LogP contribution is 2.26. The lowest BCUT2D eigenvalue weighted by Gasteiger charge is -2.12. The van der Waals surface area contributed by atoms with Gasteiger partial charge in [0, 0.05) is 30.4 Å². The zero-order chi connectivity index (χ0) is 25.7. The predicted octanol–water partition coefficient (Wildman–Crippen LogP) is 6.16. The zero-order valence-corrected chi connectivity index (χ0v) is 21.8. The van der Waals surface area contributed by atoms with Crippen LogP contribution >= 0.6 is 12.2 Å². The van der Waals surface area contributed by atoms with Crippen molar-refractivity contribution in [1.82, 2.24) is 20.3 Å². The van der Waals surface area contributed by atoms with E-state index in [0.29, 0.717) is 10.9 Å². The first kappa shape index (κ1) is 26.0. The highest BCUT2D eigenvalue weighted by atomic mass is 32.1. The van der Waals surface area contributed by atoms with E-state index in [2.05, 4.69) is 20.9 Å². The molecule has 8 heteroatoms. The van der Waals surface area contributed by atoms with E-state index >= 15 is 0 Å². The molecule has 37 heavy (non-hydrogen) atoms. The molecule has 3 N–H and O–H groups in total. The molecule has 7 nitrogen and oxygen atoms in total. The third kappa shape index (κ3) is 8.25. The SMILES string of the molecule is COc1ccc2nc(/C=C/c3ccccn3)nc(NCCCCCCNC(=S)Nc3ccccc3)c2c1. The second-order valence-corrected chi connectivity index (χ2v) is 8.90. The van der Waals surface area contributed by atoms with Gasteiger partial charge in [0.2, 0.25) is 0 Å². The Kier molecular flexibility index (Phi) is 9.77. The van der Waals surface area contributed by atoms with Gasteiger partial charge in [0.15, 0.2) is 10.9 Å². The van der Waals surface area contributed by atoms with Crippen LogP contribution < -0.4 is 20.7 Å². The molecule has 0 spiro atoms. The van der Waals surface area contributed by atoms with Crippen molar-refractivity contribution >= 4 is 51.9 Å². The Hall–Kier alpha value is -4.04. The largest absolute Gasteiger partial charge is 0.497 e. The Morgan fingerprint density at radius 3 is 2.49 bits per heavy atom. The summed E-state index contributed by atoms with van der Waals surface area (Å²) in [6, 6.07) is 21.6. The fraction of sp³-hybridized carbons (Fsp3) is 0.241. The smallest absolute Gasteiger partial charge is 0.170 e. The number of thiocarbonyl (C=S) groups is 1. The van der Waals surface area contributed by atoms with Gasteiger partial charge in [0.1, 0.15) is 11.6 Å². The first-order valence-corrected chi connectivity index (χ1v) is 12.9. The maximum atomic E-state index is 5.42. The number of nitrogens with one attached hydrogen (secondary N) is 3. The summed E-state index contributed by atoms with van der Waals surface area (Å²) in [4.78, 5) is 13.8. The van der Waals surface area contributed by atoms with Crippen LogP contribution in [-0.4, -0.2) is 40.3 Å². The molecule has 190 valence electrons. The highest BCUT2D eigenvalue weighted by molar-refractivity contribution is 7.80. The minimum absolute atomic E-state index is 0.636. The molecule has 0 aliphatic heterocycles. The number of ether oxygens (including phenoxy) is 1. The van der Waals surface area contributed by atoms with Gasteiger partial charge in [-0.15, -0.1) is 0 Å². The topological polar surface area (TPSA) is 84.0 Å². The van der Waals surface area contributed by atoms with Gasteiger partial charge < -0.3 is 20.7 Å². The fourth-order valence-electron chi connectivity index (χ4n) is 3.81. The molecular formula is C29H32N6OS. The van der Waals surface area contributed by atoms with E-state index in [1.807, 2.05) is 78.9 Å². The monoisotopic (exact) mass is 512 g/mol. The molecular weight excluding hydrogens is 480 g/mol. The van der Waals surface area contributed by atoms with Crippen molar-refractivity contribution in [2.24, 2.45) is 0 Å². The average Bonchev–Trinajstić information content (AvgIpc) is 2.94. The van der Waals surface area contributed by atoms with Crippen molar-refractivity contribution in [3.8, 4) is 5.75 Å². The molecule has 4 rings (SSSR count). The van der Waals surface area contributed by atoms with Crippen LogP contribution in [0.15, 0.2) is 72.9 Å². The maximum Gasteiger partial charge on any atom is 0.170 e. The second-order valence-electron chi connectivity index (χ2n) is 8.49. The Labute approximate surface area is 223 Å². The normalized spacial score (nSPS) is 10.9. The Bertz CT molecular complexity index is 1310. The van der Waals surface area contributed by atoms with Crippen LogP contribution in [0.2, 0.25) is 0 Å². The van der Waals surface area contributed by atoms with Gasteiger partial charge in [-0.2, -0.15) is 0 Å². The molecule has 0 saturated carbocycles. The van der Waals surface area contributed by atoms with Crippen LogP contribution in [0.3, 0.4) is 0 Å². The molecule has 0 radical (unpaired) electrons. The first-order chi connectivity index (χ1) is 18.2. The Balaban J connectivity index is 1.26. The quantitative estimate of drug-likeness (QED) is 0.154. The molecule has 2 aromatic heterocycles. The van der Waals surface area contributed by atoms with Gasteiger partial charge in [0.25, 0.3) is 0 Å². The lowest BCUT2D eigenvalue weighted by Crippen LogP contribution is -2.29. The van der Waals surface area contributed by atoms with Crippen LogP contribution in [0.4, 0.5) is 11.5 Å². The molecule has 0 fully saturated rings. The average molecular weight is 513 g/mol. The standard InChI is InChI=1S/C29H32N6OS/c1-36-24-15-16-26-25(21-24)28(35-27(34-26)17-14-22-11-7-10-18-30-22)31-19-8-2-3-9-20-32-29(37)33-23-12-5-4-6-13-23/h4-7,10-18,21H,2-3,8-9,19-20H2,1H3,(H,31,34,35)(H2,32,33,37)/b17-14+. The van der Waals surface area contributed by atoms with Crippen LogP contribution in [-0.2, 0) is 0 Å². The number of hydrogen-bond donors (Lipinski definition) is 3. The summed E-state index contributed by atoms with van der Waals surface area (Å²) in [5, 5.41) is 11.6. The van der Waals surface area contributed by atoms with Gasteiger partial charge in [-0.3, -0.25) is 4.98 Å². The molecule has 2 heterocycles. The highest BCUT2D eigenvalue weighted by Gasteiger charge is 2.08. The minimum Gasteiger partial charge on any atom is -0.497 e. The molecule has 0 amide bonds. The molecule has 0 unspecified atom stereocenters. The summed E-state index contributed by atoms with van der Waals surface area (Å²) in [6.07, 6.45) is 9.93. The number of aromatic nitrogens is 3. The maximum absolute atomic E-state index is 5.42. The summed E-state index contributed by atoms with van der Waals surface area (Å²) >= 11 is 5.36. The number of anilines is 2. The van der Waals surface area contributed by atoms with Gasteiger partial charge in [0.05, 0.1) is 18.3 Å². The summed E-state index contributed by atoms with van der Waals surface area (Å²) in [5.74, 6) is 2.23. The van der Waals surface area contributed by atoms with E-state index < -0.39 is 0 Å². The number of benzene rings is 2.